The van der Waals surface area contributed by atoms with Gasteiger partial charge in [-0.25, -0.2) is 0 Å². The summed E-state index contributed by atoms with van der Waals surface area (Å²) < 4.78 is 0. The van der Waals surface area contributed by atoms with Crippen LogP contribution in [0.25, 0.3) is 0 Å². The summed E-state index contributed by atoms with van der Waals surface area (Å²) in [4.78, 5) is 2.58. The first-order valence-corrected chi connectivity index (χ1v) is 8.70. The van der Waals surface area contributed by atoms with Crippen molar-refractivity contribution in [2.75, 3.05) is 6.54 Å². The van der Waals surface area contributed by atoms with Crippen LogP contribution in [0, 0.1) is 0 Å². The molecule has 0 aliphatic heterocycles. The number of nitrogens with zero attached hydrogens (tertiary/aromatic N) is 1. The molecule has 0 heterocycles. The lowest BCUT2D eigenvalue weighted by Crippen LogP contribution is -2.35. The van der Waals surface area contributed by atoms with Crippen LogP contribution in [0.2, 0.25) is 0 Å². The van der Waals surface area contributed by atoms with Crippen LogP contribution in [0.3, 0.4) is 0 Å². The molecule has 1 N–H and O–H groups in total. The van der Waals surface area contributed by atoms with E-state index in [-0.39, 0.29) is 0 Å². The van der Waals surface area contributed by atoms with E-state index in [1.54, 1.807) is 0 Å². The summed E-state index contributed by atoms with van der Waals surface area (Å²) in [5.74, 6) is 0. The highest BCUT2D eigenvalue weighted by Crippen LogP contribution is 2.15. The quantitative estimate of drug-likeness (QED) is 0.735. The average molecular weight is 310 g/mol. The maximum absolute atomic E-state index is 3.53. The summed E-state index contributed by atoms with van der Waals surface area (Å²) in [5, 5.41) is 3.53. The number of hydrogen-bond donors (Lipinski definition) is 1. The highest BCUT2D eigenvalue weighted by atomic mass is 15.1. The molecule has 0 aliphatic carbocycles. The third-order valence-corrected chi connectivity index (χ3v) is 4.20. The van der Waals surface area contributed by atoms with Crippen LogP contribution in [0.5, 0.6) is 0 Å². The number of hydrogen-bond acceptors (Lipinski definition) is 2. The number of benzene rings is 2. The average Bonchev–Trinajstić information content (AvgIpc) is 2.56. The number of rotatable bonds is 9. The summed E-state index contributed by atoms with van der Waals surface area (Å²) in [5.41, 5.74) is 2.76. The summed E-state index contributed by atoms with van der Waals surface area (Å²) in [6, 6.07) is 22.6. The van der Waals surface area contributed by atoms with E-state index in [0.717, 1.165) is 26.1 Å². The van der Waals surface area contributed by atoms with Crippen LogP contribution in [-0.2, 0) is 13.1 Å². The van der Waals surface area contributed by atoms with Gasteiger partial charge in [-0.2, -0.15) is 0 Å². The van der Waals surface area contributed by atoms with E-state index in [0.29, 0.717) is 12.1 Å². The molecule has 1 unspecified atom stereocenters. The standard InChI is InChI=1S/C21H30N2/c1-18(2)22-15-14-19(3)23(16-20-10-6-4-7-11-20)17-21-12-8-5-9-13-21/h4-13,18-19,22H,14-17H2,1-3H3. The van der Waals surface area contributed by atoms with Crippen LogP contribution in [-0.4, -0.2) is 23.5 Å². The molecule has 1 atom stereocenters. The Labute approximate surface area is 141 Å². The van der Waals surface area contributed by atoms with Crippen LogP contribution in [0.4, 0.5) is 0 Å². The van der Waals surface area contributed by atoms with Crippen molar-refractivity contribution in [2.24, 2.45) is 0 Å². The van der Waals surface area contributed by atoms with Gasteiger partial charge in [-0.05, 0) is 31.0 Å². The van der Waals surface area contributed by atoms with Crippen molar-refractivity contribution in [3.63, 3.8) is 0 Å². The zero-order chi connectivity index (χ0) is 16.5. The van der Waals surface area contributed by atoms with Gasteiger partial charge in [0, 0.05) is 25.2 Å². The SMILES string of the molecule is CC(C)NCCC(C)N(Cc1ccccc1)Cc1ccccc1. The first-order chi connectivity index (χ1) is 11.1. The first-order valence-electron chi connectivity index (χ1n) is 8.70. The Bertz CT molecular complexity index is 495. The second-order valence-corrected chi connectivity index (χ2v) is 6.62. The van der Waals surface area contributed by atoms with Crippen LogP contribution >= 0.6 is 0 Å². The molecule has 23 heavy (non-hydrogen) atoms. The molecule has 124 valence electrons. The minimum absolute atomic E-state index is 0.543. The fourth-order valence-electron chi connectivity index (χ4n) is 2.77. The van der Waals surface area contributed by atoms with Crippen molar-refractivity contribution in [2.45, 2.75) is 52.4 Å². The second kappa shape index (κ2) is 9.49. The molecule has 0 saturated carbocycles. The van der Waals surface area contributed by atoms with Gasteiger partial charge >= 0.3 is 0 Å². The van der Waals surface area contributed by atoms with E-state index in [2.05, 4.69) is 91.7 Å². The molecular weight excluding hydrogens is 280 g/mol. The Kier molecular flexibility index (Phi) is 7.31. The molecule has 0 aromatic heterocycles. The van der Waals surface area contributed by atoms with E-state index in [9.17, 15) is 0 Å². The summed E-state index contributed by atoms with van der Waals surface area (Å²) in [7, 11) is 0. The molecule has 2 aromatic carbocycles. The lowest BCUT2D eigenvalue weighted by atomic mass is 10.1. The number of nitrogens with one attached hydrogen (secondary N) is 1. The molecule has 2 heteroatoms. The fourth-order valence-corrected chi connectivity index (χ4v) is 2.77. The van der Waals surface area contributed by atoms with E-state index in [1.165, 1.54) is 11.1 Å². The molecule has 2 rings (SSSR count). The lowest BCUT2D eigenvalue weighted by Gasteiger charge is -2.30. The van der Waals surface area contributed by atoms with Gasteiger partial charge in [0.25, 0.3) is 0 Å². The van der Waals surface area contributed by atoms with Crippen molar-refractivity contribution in [1.29, 1.82) is 0 Å². The smallest absolute Gasteiger partial charge is 0.0240 e. The van der Waals surface area contributed by atoms with Gasteiger partial charge < -0.3 is 5.32 Å². The predicted octanol–water partition coefficient (Wildman–Crippen LogP) is 4.47. The van der Waals surface area contributed by atoms with Gasteiger partial charge in [-0.3, -0.25) is 4.90 Å². The molecule has 0 bridgehead atoms. The van der Waals surface area contributed by atoms with E-state index >= 15 is 0 Å². The fraction of sp³-hybridized carbons (Fsp3) is 0.429. The highest BCUT2D eigenvalue weighted by molar-refractivity contribution is 5.17. The first kappa shape index (κ1) is 17.7. The predicted molar refractivity (Wildman–Crippen MR) is 99.3 cm³/mol. The van der Waals surface area contributed by atoms with Gasteiger partial charge in [0.05, 0.1) is 0 Å². The minimum atomic E-state index is 0.543. The monoisotopic (exact) mass is 310 g/mol. The van der Waals surface area contributed by atoms with Gasteiger partial charge in [-0.15, -0.1) is 0 Å². The highest BCUT2D eigenvalue weighted by Gasteiger charge is 2.14. The van der Waals surface area contributed by atoms with Crippen LogP contribution in [0.1, 0.15) is 38.3 Å². The van der Waals surface area contributed by atoms with Crippen molar-refractivity contribution in [1.82, 2.24) is 10.2 Å². The Balaban J connectivity index is 2.01. The van der Waals surface area contributed by atoms with Crippen molar-refractivity contribution in [3.05, 3.63) is 71.8 Å². The Morgan fingerprint density at radius 1 is 0.783 bits per heavy atom. The lowest BCUT2D eigenvalue weighted by molar-refractivity contribution is 0.180. The van der Waals surface area contributed by atoms with Gasteiger partial charge in [0.15, 0.2) is 0 Å². The largest absolute Gasteiger partial charge is 0.314 e. The molecule has 0 saturated heterocycles. The second-order valence-electron chi connectivity index (χ2n) is 6.62. The zero-order valence-electron chi connectivity index (χ0n) is 14.7. The van der Waals surface area contributed by atoms with Crippen LogP contribution in [0.15, 0.2) is 60.7 Å². The maximum atomic E-state index is 3.53. The summed E-state index contributed by atoms with van der Waals surface area (Å²) in [6.45, 7) is 9.82. The normalized spacial score (nSPS) is 12.7. The van der Waals surface area contributed by atoms with Gasteiger partial charge in [-0.1, -0.05) is 74.5 Å². The Morgan fingerprint density at radius 3 is 1.70 bits per heavy atom. The summed E-state index contributed by atoms with van der Waals surface area (Å²) >= 11 is 0. The summed E-state index contributed by atoms with van der Waals surface area (Å²) in [6.07, 6.45) is 1.16. The molecular formula is C21H30N2. The van der Waals surface area contributed by atoms with Crippen molar-refractivity contribution >= 4 is 0 Å². The molecule has 2 nitrogen and oxygen atoms in total. The Morgan fingerprint density at radius 2 is 1.26 bits per heavy atom. The van der Waals surface area contributed by atoms with E-state index in [1.807, 2.05) is 0 Å². The van der Waals surface area contributed by atoms with Crippen LogP contribution < -0.4 is 5.32 Å². The topological polar surface area (TPSA) is 15.3 Å². The van der Waals surface area contributed by atoms with Gasteiger partial charge in [0.2, 0.25) is 0 Å². The Hall–Kier alpha value is -1.64. The van der Waals surface area contributed by atoms with Crippen molar-refractivity contribution in [3.8, 4) is 0 Å². The third-order valence-electron chi connectivity index (χ3n) is 4.20. The third kappa shape index (κ3) is 6.55. The molecule has 0 fully saturated rings. The van der Waals surface area contributed by atoms with E-state index in [4.69, 9.17) is 0 Å². The molecule has 0 amide bonds. The van der Waals surface area contributed by atoms with Crippen molar-refractivity contribution < 1.29 is 0 Å². The molecule has 0 radical (unpaired) electrons. The minimum Gasteiger partial charge on any atom is -0.314 e. The molecule has 2 aromatic rings. The van der Waals surface area contributed by atoms with E-state index < -0.39 is 0 Å². The molecule has 0 spiro atoms. The van der Waals surface area contributed by atoms with Gasteiger partial charge in [0.1, 0.15) is 0 Å². The maximum Gasteiger partial charge on any atom is 0.0240 e. The zero-order valence-corrected chi connectivity index (χ0v) is 14.7. The molecule has 0 aliphatic rings.